The molecule has 0 aliphatic heterocycles. The van der Waals surface area contributed by atoms with Crippen molar-refractivity contribution in [3.8, 4) is 11.1 Å². The molecule has 0 saturated heterocycles. The highest BCUT2D eigenvalue weighted by Gasteiger charge is 2.02. The van der Waals surface area contributed by atoms with Crippen LogP contribution in [0.1, 0.15) is 18.4 Å². The van der Waals surface area contributed by atoms with Gasteiger partial charge >= 0.3 is 0 Å². The molecule has 0 amide bonds. The van der Waals surface area contributed by atoms with E-state index in [0.29, 0.717) is 5.92 Å². The van der Waals surface area contributed by atoms with E-state index in [2.05, 4.69) is 37.8 Å². The number of hydrogen-bond donors (Lipinski definition) is 0. The van der Waals surface area contributed by atoms with Crippen LogP contribution < -0.4 is 0 Å². The van der Waals surface area contributed by atoms with Crippen LogP contribution in [0.5, 0.6) is 0 Å². The van der Waals surface area contributed by atoms with Crippen LogP contribution in [0.3, 0.4) is 0 Å². The summed E-state index contributed by atoms with van der Waals surface area (Å²) in [6.07, 6.45) is 1.92. The fourth-order valence-electron chi connectivity index (χ4n) is 1.76. The van der Waals surface area contributed by atoms with Gasteiger partial charge in [0, 0.05) is 0 Å². The van der Waals surface area contributed by atoms with Gasteiger partial charge in [0.25, 0.3) is 0 Å². The predicted octanol–water partition coefficient (Wildman–Crippen LogP) is 4.78. The number of benzene rings is 2. The molecule has 2 aromatic rings. The Hall–Kier alpha value is -1.89. The predicted molar refractivity (Wildman–Crippen MR) is 70.4 cm³/mol. The Labute approximate surface area is 101 Å². The fourth-order valence-corrected chi connectivity index (χ4v) is 1.76. The molecule has 0 spiro atoms. The second kappa shape index (κ2) is 4.96. The Morgan fingerprint density at radius 2 is 1.41 bits per heavy atom. The van der Waals surface area contributed by atoms with Crippen molar-refractivity contribution in [2.24, 2.45) is 0 Å². The van der Waals surface area contributed by atoms with Gasteiger partial charge in [0.05, 0.1) is 0 Å². The van der Waals surface area contributed by atoms with Gasteiger partial charge in [-0.1, -0.05) is 49.4 Å². The van der Waals surface area contributed by atoms with E-state index in [1.54, 1.807) is 12.1 Å². The molecule has 1 unspecified atom stereocenters. The summed E-state index contributed by atoms with van der Waals surface area (Å²) in [5.41, 5.74) is 3.38. The molecule has 0 bridgehead atoms. The second-order valence-corrected chi connectivity index (χ2v) is 4.15. The monoisotopic (exact) mass is 226 g/mol. The zero-order chi connectivity index (χ0) is 12.3. The summed E-state index contributed by atoms with van der Waals surface area (Å²) >= 11 is 0. The minimum atomic E-state index is -0.203. The van der Waals surface area contributed by atoms with Gasteiger partial charge in [-0.2, -0.15) is 0 Å². The molecular weight excluding hydrogens is 211 g/mol. The third-order valence-electron chi connectivity index (χ3n) is 2.97. The summed E-state index contributed by atoms with van der Waals surface area (Å²) in [7, 11) is 0. The van der Waals surface area contributed by atoms with Gasteiger partial charge in [0.15, 0.2) is 0 Å². The minimum absolute atomic E-state index is 0.203. The topological polar surface area (TPSA) is 0 Å². The van der Waals surface area contributed by atoms with E-state index in [1.165, 1.54) is 17.7 Å². The Balaban J connectivity index is 2.29. The molecule has 0 aliphatic carbocycles. The molecule has 0 saturated carbocycles. The Kier molecular flexibility index (Phi) is 3.38. The van der Waals surface area contributed by atoms with Crippen molar-refractivity contribution in [3.05, 3.63) is 72.6 Å². The summed E-state index contributed by atoms with van der Waals surface area (Å²) in [6, 6.07) is 14.8. The maximum absolute atomic E-state index is 12.8. The molecule has 0 N–H and O–H groups in total. The van der Waals surface area contributed by atoms with Crippen molar-refractivity contribution in [3.63, 3.8) is 0 Å². The summed E-state index contributed by atoms with van der Waals surface area (Å²) in [4.78, 5) is 0. The molecule has 86 valence electrons. The SMILES string of the molecule is C=CC(C)c1ccc(-c2ccc(F)cc2)cc1. The van der Waals surface area contributed by atoms with Crippen LogP contribution >= 0.6 is 0 Å². The molecule has 1 atom stereocenters. The van der Waals surface area contributed by atoms with Gasteiger partial charge in [0.1, 0.15) is 5.82 Å². The van der Waals surface area contributed by atoms with Gasteiger partial charge in [0.2, 0.25) is 0 Å². The molecule has 0 aromatic heterocycles. The van der Waals surface area contributed by atoms with Gasteiger partial charge in [-0.05, 0) is 34.7 Å². The highest BCUT2D eigenvalue weighted by molar-refractivity contribution is 5.63. The van der Waals surface area contributed by atoms with Gasteiger partial charge < -0.3 is 0 Å². The van der Waals surface area contributed by atoms with Gasteiger partial charge in [-0.3, -0.25) is 0 Å². The number of halogens is 1. The largest absolute Gasteiger partial charge is 0.207 e. The average Bonchev–Trinajstić information content (AvgIpc) is 2.39. The maximum Gasteiger partial charge on any atom is 0.123 e. The van der Waals surface area contributed by atoms with Crippen LogP contribution in [0.25, 0.3) is 11.1 Å². The van der Waals surface area contributed by atoms with Crippen molar-refractivity contribution in [1.29, 1.82) is 0 Å². The number of allylic oxidation sites excluding steroid dienone is 1. The van der Waals surface area contributed by atoms with Gasteiger partial charge in [-0.15, -0.1) is 6.58 Å². The van der Waals surface area contributed by atoms with E-state index in [9.17, 15) is 4.39 Å². The summed E-state index contributed by atoms with van der Waals surface area (Å²) in [5, 5.41) is 0. The fraction of sp³-hybridized carbons (Fsp3) is 0.125. The number of hydrogen-bond acceptors (Lipinski definition) is 0. The first-order valence-corrected chi connectivity index (χ1v) is 5.69. The first-order valence-electron chi connectivity index (χ1n) is 5.69. The normalized spacial score (nSPS) is 12.1. The maximum atomic E-state index is 12.8. The second-order valence-electron chi connectivity index (χ2n) is 4.15. The molecule has 1 heteroatoms. The smallest absolute Gasteiger partial charge is 0.123 e. The summed E-state index contributed by atoms with van der Waals surface area (Å²) in [5.74, 6) is 0.155. The van der Waals surface area contributed by atoms with Crippen LogP contribution in [0.4, 0.5) is 4.39 Å². The van der Waals surface area contributed by atoms with Crippen molar-refractivity contribution in [2.45, 2.75) is 12.8 Å². The highest BCUT2D eigenvalue weighted by atomic mass is 19.1. The van der Waals surface area contributed by atoms with Crippen LogP contribution in [-0.4, -0.2) is 0 Å². The number of rotatable bonds is 3. The van der Waals surface area contributed by atoms with E-state index in [4.69, 9.17) is 0 Å². The van der Waals surface area contributed by atoms with Crippen molar-refractivity contribution < 1.29 is 4.39 Å². The van der Waals surface area contributed by atoms with Crippen LogP contribution in [0.15, 0.2) is 61.2 Å². The molecule has 0 heterocycles. The first-order chi connectivity index (χ1) is 8.20. The minimum Gasteiger partial charge on any atom is -0.207 e. The molecular formula is C16H15F. The zero-order valence-corrected chi connectivity index (χ0v) is 9.86. The third kappa shape index (κ3) is 2.62. The van der Waals surface area contributed by atoms with E-state index < -0.39 is 0 Å². The zero-order valence-electron chi connectivity index (χ0n) is 9.86. The van der Waals surface area contributed by atoms with E-state index in [0.717, 1.165) is 11.1 Å². The average molecular weight is 226 g/mol. The van der Waals surface area contributed by atoms with Crippen LogP contribution in [0.2, 0.25) is 0 Å². The van der Waals surface area contributed by atoms with Crippen molar-refractivity contribution in [2.75, 3.05) is 0 Å². The summed E-state index contributed by atoms with van der Waals surface area (Å²) < 4.78 is 12.8. The molecule has 0 aliphatic rings. The highest BCUT2D eigenvalue weighted by Crippen LogP contribution is 2.23. The molecule has 2 aromatic carbocycles. The lowest BCUT2D eigenvalue weighted by Crippen LogP contribution is -1.88. The van der Waals surface area contributed by atoms with Crippen LogP contribution in [-0.2, 0) is 0 Å². The Bertz CT molecular complexity index is 494. The van der Waals surface area contributed by atoms with Crippen molar-refractivity contribution >= 4 is 0 Å². The van der Waals surface area contributed by atoms with E-state index in [1.807, 2.05) is 6.08 Å². The molecule has 0 fully saturated rings. The molecule has 2 rings (SSSR count). The lowest BCUT2D eigenvalue weighted by molar-refractivity contribution is 0.628. The van der Waals surface area contributed by atoms with E-state index in [-0.39, 0.29) is 5.82 Å². The van der Waals surface area contributed by atoms with E-state index >= 15 is 0 Å². The van der Waals surface area contributed by atoms with Gasteiger partial charge in [-0.25, -0.2) is 4.39 Å². The van der Waals surface area contributed by atoms with Crippen molar-refractivity contribution in [1.82, 2.24) is 0 Å². The summed E-state index contributed by atoms with van der Waals surface area (Å²) in [6.45, 7) is 5.90. The lowest BCUT2D eigenvalue weighted by atomic mass is 9.98. The Morgan fingerprint density at radius 3 is 1.88 bits per heavy atom. The quantitative estimate of drug-likeness (QED) is 0.660. The molecule has 0 nitrogen and oxygen atoms in total. The first kappa shape index (κ1) is 11.6. The lowest BCUT2D eigenvalue weighted by Gasteiger charge is -2.07. The third-order valence-corrected chi connectivity index (χ3v) is 2.97. The molecule has 0 radical (unpaired) electrons. The Morgan fingerprint density at radius 1 is 0.941 bits per heavy atom. The van der Waals surface area contributed by atoms with Crippen LogP contribution in [0, 0.1) is 5.82 Å². The molecule has 17 heavy (non-hydrogen) atoms. The standard InChI is InChI=1S/C16H15F/c1-3-12(2)13-4-6-14(7-5-13)15-8-10-16(17)11-9-15/h3-12H,1H2,2H3.